The zero-order chi connectivity index (χ0) is 11.5. The fourth-order valence-corrected chi connectivity index (χ4v) is 1.88. The lowest BCUT2D eigenvalue weighted by molar-refractivity contribution is -0.118. The van der Waals surface area contributed by atoms with Gasteiger partial charge < -0.3 is 14.9 Å². The second kappa shape index (κ2) is 4.44. The van der Waals surface area contributed by atoms with E-state index >= 15 is 0 Å². The Kier molecular flexibility index (Phi) is 3.00. The quantitative estimate of drug-likeness (QED) is 0.788. The van der Waals surface area contributed by atoms with Crippen molar-refractivity contribution in [2.45, 2.75) is 13.5 Å². The monoisotopic (exact) mass is 236 g/mol. The number of carbonyl (C=O) groups excluding carboxylic acids is 1. The molecule has 2 rings (SSSR count). The molecule has 6 heteroatoms. The van der Waals surface area contributed by atoms with Crippen LogP contribution in [0.1, 0.15) is 6.92 Å². The summed E-state index contributed by atoms with van der Waals surface area (Å²) >= 11 is 5.20. The molecule has 0 spiro atoms. The van der Waals surface area contributed by atoms with E-state index in [4.69, 9.17) is 12.2 Å². The van der Waals surface area contributed by atoms with Crippen LogP contribution in [-0.2, 0) is 11.3 Å². The minimum absolute atomic E-state index is 0.0342. The summed E-state index contributed by atoms with van der Waals surface area (Å²) in [5, 5.41) is 2.74. The number of aromatic amines is 1. The van der Waals surface area contributed by atoms with Crippen molar-refractivity contribution in [1.82, 2.24) is 19.9 Å². The first kappa shape index (κ1) is 10.8. The largest absolute Gasteiger partial charge is 0.355 e. The van der Waals surface area contributed by atoms with Gasteiger partial charge in [-0.05, 0) is 18.3 Å². The average Bonchev–Trinajstić information content (AvgIpc) is 2.55. The third-order valence-electron chi connectivity index (χ3n) is 2.28. The third kappa shape index (κ3) is 2.11. The molecule has 0 bridgehead atoms. The Morgan fingerprint density at radius 3 is 3.25 bits per heavy atom. The van der Waals surface area contributed by atoms with E-state index in [0.29, 0.717) is 17.9 Å². The summed E-state index contributed by atoms with van der Waals surface area (Å²) in [4.78, 5) is 17.8. The van der Waals surface area contributed by atoms with Crippen molar-refractivity contribution in [3.05, 3.63) is 23.2 Å². The summed E-state index contributed by atoms with van der Waals surface area (Å²) in [5.74, 6) is -0.0342. The van der Waals surface area contributed by atoms with Crippen molar-refractivity contribution < 1.29 is 4.79 Å². The number of imidazole rings is 1. The van der Waals surface area contributed by atoms with E-state index in [2.05, 4.69) is 15.3 Å². The molecule has 2 heterocycles. The Bertz CT molecular complexity index is 571. The molecule has 0 aliphatic rings. The number of nitrogens with one attached hydrogen (secondary N) is 2. The molecule has 0 atom stereocenters. The maximum Gasteiger partial charge on any atom is 0.216 e. The van der Waals surface area contributed by atoms with Crippen molar-refractivity contribution in [2.24, 2.45) is 0 Å². The highest BCUT2D eigenvalue weighted by Crippen LogP contribution is 2.11. The van der Waals surface area contributed by atoms with Crippen LogP contribution >= 0.6 is 12.2 Å². The van der Waals surface area contributed by atoms with Gasteiger partial charge in [0, 0.05) is 26.2 Å². The van der Waals surface area contributed by atoms with Gasteiger partial charge in [-0.1, -0.05) is 0 Å². The molecule has 0 saturated carbocycles. The van der Waals surface area contributed by atoms with Crippen LogP contribution in [0.3, 0.4) is 0 Å². The van der Waals surface area contributed by atoms with Gasteiger partial charge in [-0.3, -0.25) is 9.78 Å². The minimum Gasteiger partial charge on any atom is -0.355 e. The zero-order valence-electron chi connectivity index (χ0n) is 8.86. The lowest BCUT2D eigenvalue weighted by atomic mass is 10.4. The van der Waals surface area contributed by atoms with E-state index in [1.807, 2.05) is 10.6 Å². The molecule has 2 aromatic rings. The van der Waals surface area contributed by atoms with Gasteiger partial charge in [0.1, 0.15) is 0 Å². The van der Waals surface area contributed by atoms with Crippen LogP contribution in [0.4, 0.5) is 0 Å². The van der Waals surface area contributed by atoms with Crippen molar-refractivity contribution >= 4 is 29.2 Å². The van der Waals surface area contributed by atoms with Crippen LogP contribution in [0.2, 0.25) is 0 Å². The first-order chi connectivity index (χ1) is 7.68. The summed E-state index contributed by atoms with van der Waals surface area (Å²) < 4.78 is 2.59. The highest BCUT2D eigenvalue weighted by molar-refractivity contribution is 7.71. The normalized spacial score (nSPS) is 10.6. The number of pyridine rings is 1. The molecular formula is C10H12N4OS. The highest BCUT2D eigenvalue weighted by atomic mass is 32.1. The fourth-order valence-electron chi connectivity index (χ4n) is 1.58. The van der Waals surface area contributed by atoms with Gasteiger partial charge in [-0.15, -0.1) is 0 Å². The predicted octanol–water partition coefficient (Wildman–Crippen LogP) is 1.23. The number of nitrogens with zero attached hydrogens (tertiary/aromatic N) is 2. The molecule has 16 heavy (non-hydrogen) atoms. The van der Waals surface area contributed by atoms with Gasteiger partial charge in [-0.2, -0.15) is 0 Å². The summed E-state index contributed by atoms with van der Waals surface area (Å²) in [6, 6.07) is 1.90. The van der Waals surface area contributed by atoms with Crippen LogP contribution in [0.5, 0.6) is 0 Å². The lowest BCUT2D eigenvalue weighted by Gasteiger charge is -2.04. The third-order valence-corrected chi connectivity index (χ3v) is 2.61. The minimum atomic E-state index is -0.0342. The molecule has 1 amide bonds. The maximum atomic E-state index is 10.8. The van der Waals surface area contributed by atoms with E-state index < -0.39 is 0 Å². The summed E-state index contributed by atoms with van der Waals surface area (Å²) in [5.41, 5.74) is 1.92. The smallest absolute Gasteiger partial charge is 0.216 e. The van der Waals surface area contributed by atoms with Crippen molar-refractivity contribution in [3.63, 3.8) is 0 Å². The van der Waals surface area contributed by atoms with Gasteiger partial charge in [-0.25, -0.2) is 0 Å². The van der Waals surface area contributed by atoms with Crippen molar-refractivity contribution in [1.29, 1.82) is 0 Å². The molecule has 0 radical (unpaired) electrons. The first-order valence-electron chi connectivity index (χ1n) is 4.95. The van der Waals surface area contributed by atoms with E-state index in [-0.39, 0.29) is 5.91 Å². The second-order valence-electron chi connectivity index (χ2n) is 3.46. The van der Waals surface area contributed by atoms with Gasteiger partial charge in [0.05, 0.1) is 17.2 Å². The number of hydrogen-bond acceptors (Lipinski definition) is 3. The Hall–Kier alpha value is -1.69. The van der Waals surface area contributed by atoms with E-state index in [0.717, 1.165) is 11.0 Å². The van der Waals surface area contributed by atoms with Crippen molar-refractivity contribution in [3.8, 4) is 0 Å². The number of carbonyl (C=O) groups is 1. The zero-order valence-corrected chi connectivity index (χ0v) is 9.67. The molecule has 0 unspecified atom stereocenters. The number of fused-ring (bicyclic) bond motifs is 1. The van der Waals surface area contributed by atoms with Crippen LogP contribution < -0.4 is 5.32 Å². The molecular weight excluding hydrogens is 224 g/mol. The average molecular weight is 236 g/mol. The van der Waals surface area contributed by atoms with Gasteiger partial charge >= 0.3 is 0 Å². The second-order valence-corrected chi connectivity index (χ2v) is 3.84. The first-order valence-corrected chi connectivity index (χ1v) is 5.36. The molecule has 5 nitrogen and oxygen atoms in total. The molecule has 2 aromatic heterocycles. The van der Waals surface area contributed by atoms with Gasteiger partial charge in [0.2, 0.25) is 5.91 Å². The summed E-state index contributed by atoms with van der Waals surface area (Å²) in [7, 11) is 0. The lowest BCUT2D eigenvalue weighted by Crippen LogP contribution is -2.24. The highest BCUT2D eigenvalue weighted by Gasteiger charge is 2.03. The van der Waals surface area contributed by atoms with Crippen LogP contribution in [0, 0.1) is 4.77 Å². The number of aromatic nitrogens is 3. The Labute approximate surface area is 97.5 Å². The SMILES string of the molecule is CC(=O)NCCn1c(=S)[nH]c2cnccc21. The summed E-state index contributed by atoms with van der Waals surface area (Å²) in [6.07, 6.45) is 3.46. The molecule has 84 valence electrons. The molecule has 2 N–H and O–H groups in total. The van der Waals surface area contributed by atoms with E-state index in [1.54, 1.807) is 12.4 Å². The number of rotatable bonds is 3. The molecule has 0 aromatic carbocycles. The Balaban J connectivity index is 2.26. The number of amides is 1. The standard InChI is InChI=1S/C10H12N4OS/c1-7(15)12-4-5-14-9-2-3-11-6-8(9)13-10(14)16/h2-3,6H,4-5H2,1H3,(H,12,15)(H,13,16). The molecule has 0 aliphatic heterocycles. The van der Waals surface area contributed by atoms with Crippen LogP contribution in [0.25, 0.3) is 11.0 Å². The maximum absolute atomic E-state index is 10.8. The fraction of sp³-hybridized carbons (Fsp3) is 0.300. The number of hydrogen-bond donors (Lipinski definition) is 2. The van der Waals surface area contributed by atoms with Crippen molar-refractivity contribution in [2.75, 3.05) is 6.54 Å². The van der Waals surface area contributed by atoms with Crippen LogP contribution in [-0.4, -0.2) is 27.0 Å². The van der Waals surface area contributed by atoms with E-state index in [9.17, 15) is 4.79 Å². The van der Waals surface area contributed by atoms with Gasteiger partial charge in [0.15, 0.2) is 4.77 Å². The Morgan fingerprint density at radius 2 is 2.50 bits per heavy atom. The Morgan fingerprint density at radius 1 is 1.69 bits per heavy atom. The number of H-pyrrole nitrogens is 1. The summed E-state index contributed by atoms with van der Waals surface area (Å²) in [6.45, 7) is 2.72. The van der Waals surface area contributed by atoms with E-state index in [1.165, 1.54) is 6.92 Å². The predicted molar refractivity (Wildman–Crippen MR) is 63.6 cm³/mol. The molecule has 0 aliphatic carbocycles. The van der Waals surface area contributed by atoms with Gasteiger partial charge in [0.25, 0.3) is 0 Å². The van der Waals surface area contributed by atoms with Crippen LogP contribution in [0.15, 0.2) is 18.5 Å². The molecule has 0 saturated heterocycles. The topological polar surface area (TPSA) is 62.7 Å². The molecule has 0 fully saturated rings.